The maximum Gasteiger partial charge on any atom is 0.227 e. The molecule has 0 saturated heterocycles. The largest absolute Gasteiger partial charge is 0.493 e. The van der Waals surface area contributed by atoms with E-state index in [0.29, 0.717) is 18.0 Å². The molecule has 0 aliphatic heterocycles. The molecule has 5 nitrogen and oxygen atoms in total. The Bertz CT molecular complexity index is 792. The van der Waals surface area contributed by atoms with Crippen LogP contribution in [0, 0.1) is 19.8 Å². The SMILES string of the molecule is Cc1cc(C)cc(OCCC(=O)Nc2cccc(NC(=O)C3CC3)c2)c1. The quantitative estimate of drug-likeness (QED) is 0.790. The fourth-order valence-electron chi connectivity index (χ4n) is 2.77. The summed E-state index contributed by atoms with van der Waals surface area (Å²) in [5.74, 6) is 0.853. The van der Waals surface area contributed by atoms with Crippen LogP contribution in [-0.2, 0) is 9.59 Å². The zero-order valence-corrected chi connectivity index (χ0v) is 15.2. The van der Waals surface area contributed by atoms with Gasteiger partial charge in [-0.3, -0.25) is 9.59 Å². The number of benzene rings is 2. The summed E-state index contributed by atoms with van der Waals surface area (Å²) in [7, 11) is 0. The Morgan fingerprint density at radius 3 is 2.31 bits per heavy atom. The van der Waals surface area contributed by atoms with E-state index in [1.54, 1.807) is 12.1 Å². The Hall–Kier alpha value is -2.82. The van der Waals surface area contributed by atoms with Crippen molar-refractivity contribution < 1.29 is 14.3 Å². The molecule has 2 N–H and O–H groups in total. The third-order valence-electron chi connectivity index (χ3n) is 4.16. The second-order valence-corrected chi connectivity index (χ2v) is 6.81. The van der Waals surface area contributed by atoms with Gasteiger partial charge in [0.05, 0.1) is 13.0 Å². The second-order valence-electron chi connectivity index (χ2n) is 6.81. The van der Waals surface area contributed by atoms with Crippen molar-refractivity contribution in [1.29, 1.82) is 0 Å². The summed E-state index contributed by atoms with van der Waals surface area (Å²) in [4.78, 5) is 23.9. The lowest BCUT2D eigenvalue weighted by Crippen LogP contribution is -2.16. The number of hydrogen-bond donors (Lipinski definition) is 2. The predicted octanol–water partition coefficient (Wildman–Crippen LogP) is 4.06. The monoisotopic (exact) mass is 352 g/mol. The topological polar surface area (TPSA) is 67.4 Å². The van der Waals surface area contributed by atoms with Crippen LogP contribution in [0.3, 0.4) is 0 Å². The summed E-state index contributed by atoms with van der Waals surface area (Å²) in [6.45, 7) is 4.34. The molecule has 136 valence electrons. The number of aryl methyl sites for hydroxylation is 2. The van der Waals surface area contributed by atoms with Crippen LogP contribution >= 0.6 is 0 Å². The van der Waals surface area contributed by atoms with Gasteiger partial charge in [-0.05, 0) is 68.1 Å². The minimum Gasteiger partial charge on any atom is -0.493 e. The Morgan fingerprint density at radius 2 is 1.65 bits per heavy atom. The van der Waals surface area contributed by atoms with Gasteiger partial charge >= 0.3 is 0 Å². The number of nitrogens with one attached hydrogen (secondary N) is 2. The molecule has 26 heavy (non-hydrogen) atoms. The van der Waals surface area contributed by atoms with Crippen molar-refractivity contribution in [2.45, 2.75) is 33.1 Å². The van der Waals surface area contributed by atoms with Gasteiger partial charge in [0.2, 0.25) is 11.8 Å². The van der Waals surface area contributed by atoms with Gasteiger partial charge in [0, 0.05) is 17.3 Å². The van der Waals surface area contributed by atoms with E-state index in [0.717, 1.165) is 29.7 Å². The number of carbonyl (C=O) groups excluding carboxylic acids is 2. The van der Waals surface area contributed by atoms with Gasteiger partial charge in [0.15, 0.2) is 0 Å². The molecule has 2 aromatic carbocycles. The minimum absolute atomic E-state index is 0.0512. The predicted molar refractivity (Wildman–Crippen MR) is 102 cm³/mol. The normalized spacial score (nSPS) is 13.2. The molecule has 0 unspecified atom stereocenters. The molecule has 1 fully saturated rings. The number of carbonyl (C=O) groups is 2. The molecule has 0 atom stereocenters. The van der Waals surface area contributed by atoms with E-state index in [9.17, 15) is 9.59 Å². The summed E-state index contributed by atoms with van der Waals surface area (Å²) < 4.78 is 5.67. The van der Waals surface area contributed by atoms with Crippen molar-refractivity contribution in [2.75, 3.05) is 17.2 Å². The standard InChI is InChI=1S/C21H24N2O3/c1-14-10-15(2)12-19(11-14)26-9-8-20(24)22-17-4-3-5-18(13-17)23-21(25)16-6-7-16/h3-5,10-13,16H,6-9H2,1-2H3,(H,22,24)(H,23,25). The molecule has 0 spiro atoms. The molecular formula is C21H24N2O3. The highest BCUT2D eigenvalue weighted by Crippen LogP contribution is 2.30. The first-order valence-corrected chi connectivity index (χ1v) is 8.91. The number of hydrogen-bond acceptors (Lipinski definition) is 3. The Balaban J connectivity index is 1.47. The lowest BCUT2D eigenvalue weighted by molar-refractivity contribution is -0.117. The van der Waals surface area contributed by atoms with Crippen LogP contribution < -0.4 is 15.4 Å². The third kappa shape index (κ3) is 5.34. The van der Waals surface area contributed by atoms with E-state index in [2.05, 4.69) is 16.7 Å². The molecule has 0 heterocycles. The Morgan fingerprint density at radius 1 is 1.00 bits per heavy atom. The van der Waals surface area contributed by atoms with Gasteiger partial charge in [-0.2, -0.15) is 0 Å². The maximum atomic E-state index is 12.1. The fraction of sp³-hybridized carbons (Fsp3) is 0.333. The average Bonchev–Trinajstić information content (AvgIpc) is 3.39. The summed E-state index contributed by atoms with van der Waals surface area (Å²) in [6.07, 6.45) is 2.18. The summed E-state index contributed by atoms with van der Waals surface area (Å²) in [5.41, 5.74) is 3.63. The van der Waals surface area contributed by atoms with Gasteiger partial charge in [-0.25, -0.2) is 0 Å². The van der Waals surface area contributed by atoms with Crippen molar-refractivity contribution >= 4 is 23.2 Å². The van der Waals surface area contributed by atoms with Gasteiger partial charge in [-0.15, -0.1) is 0 Å². The maximum absolute atomic E-state index is 12.1. The van der Waals surface area contributed by atoms with E-state index >= 15 is 0 Å². The van der Waals surface area contributed by atoms with Gasteiger partial charge in [-0.1, -0.05) is 12.1 Å². The van der Waals surface area contributed by atoms with Gasteiger partial charge in [0.1, 0.15) is 5.75 Å². The van der Waals surface area contributed by atoms with Crippen molar-refractivity contribution in [3.63, 3.8) is 0 Å². The molecule has 2 aromatic rings. The lowest BCUT2D eigenvalue weighted by atomic mass is 10.1. The molecule has 0 bridgehead atoms. The van der Waals surface area contributed by atoms with Crippen LogP contribution in [0.15, 0.2) is 42.5 Å². The molecule has 1 aliphatic carbocycles. The number of ether oxygens (including phenoxy) is 1. The number of amides is 2. The molecule has 2 amide bonds. The van der Waals surface area contributed by atoms with E-state index in [-0.39, 0.29) is 24.2 Å². The van der Waals surface area contributed by atoms with Crippen LogP contribution in [-0.4, -0.2) is 18.4 Å². The molecule has 1 aliphatic rings. The van der Waals surface area contributed by atoms with Crippen LogP contribution in [0.2, 0.25) is 0 Å². The van der Waals surface area contributed by atoms with Crippen molar-refractivity contribution in [1.82, 2.24) is 0 Å². The molecule has 0 radical (unpaired) electrons. The van der Waals surface area contributed by atoms with Crippen molar-refractivity contribution in [2.24, 2.45) is 5.92 Å². The highest BCUT2D eigenvalue weighted by atomic mass is 16.5. The highest BCUT2D eigenvalue weighted by molar-refractivity contribution is 5.95. The Labute approximate surface area is 153 Å². The van der Waals surface area contributed by atoms with Crippen LogP contribution in [0.25, 0.3) is 0 Å². The molecular weight excluding hydrogens is 328 g/mol. The summed E-state index contributed by atoms with van der Waals surface area (Å²) in [6, 6.07) is 13.2. The second kappa shape index (κ2) is 8.04. The van der Waals surface area contributed by atoms with E-state index in [4.69, 9.17) is 4.74 Å². The first-order chi connectivity index (χ1) is 12.5. The lowest BCUT2D eigenvalue weighted by Gasteiger charge is -2.10. The summed E-state index contributed by atoms with van der Waals surface area (Å²) in [5, 5.41) is 5.72. The molecule has 1 saturated carbocycles. The fourth-order valence-corrected chi connectivity index (χ4v) is 2.77. The number of anilines is 2. The first-order valence-electron chi connectivity index (χ1n) is 8.91. The smallest absolute Gasteiger partial charge is 0.227 e. The van der Waals surface area contributed by atoms with Crippen LogP contribution in [0.5, 0.6) is 5.75 Å². The zero-order chi connectivity index (χ0) is 18.5. The highest BCUT2D eigenvalue weighted by Gasteiger charge is 2.29. The van der Waals surface area contributed by atoms with E-state index in [1.807, 2.05) is 38.1 Å². The van der Waals surface area contributed by atoms with Crippen LogP contribution in [0.1, 0.15) is 30.4 Å². The molecule has 5 heteroatoms. The van der Waals surface area contributed by atoms with Gasteiger partial charge in [0.25, 0.3) is 0 Å². The average molecular weight is 352 g/mol. The van der Waals surface area contributed by atoms with Crippen molar-refractivity contribution in [3.05, 3.63) is 53.6 Å². The molecule has 3 rings (SSSR count). The zero-order valence-electron chi connectivity index (χ0n) is 15.2. The van der Waals surface area contributed by atoms with Crippen molar-refractivity contribution in [3.8, 4) is 5.75 Å². The van der Waals surface area contributed by atoms with Crippen LogP contribution in [0.4, 0.5) is 11.4 Å². The minimum atomic E-state index is -0.125. The summed E-state index contributed by atoms with van der Waals surface area (Å²) >= 11 is 0. The first kappa shape index (κ1) is 18.0. The Kier molecular flexibility index (Phi) is 5.56. The van der Waals surface area contributed by atoms with E-state index in [1.165, 1.54) is 0 Å². The molecule has 0 aromatic heterocycles. The number of rotatable bonds is 7. The van der Waals surface area contributed by atoms with Gasteiger partial charge < -0.3 is 15.4 Å². The third-order valence-corrected chi connectivity index (χ3v) is 4.16. The van der Waals surface area contributed by atoms with E-state index < -0.39 is 0 Å².